The Kier molecular flexibility index (Phi) is 5.82. The first-order chi connectivity index (χ1) is 14.5. The number of rotatable bonds is 8. The largest absolute Gasteiger partial charge is 0.493 e. The van der Waals surface area contributed by atoms with Gasteiger partial charge in [0.1, 0.15) is 12.0 Å². The van der Waals surface area contributed by atoms with Crippen LogP contribution in [0.1, 0.15) is 11.3 Å². The highest BCUT2D eigenvalue weighted by Gasteiger charge is 2.36. The molecule has 1 saturated heterocycles. The molecule has 1 atom stereocenters. The van der Waals surface area contributed by atoms with Crippen LogP contribution in [-0.4, -0.2) is 37.7 Å². The van der Waals surface area contributed by atoms with Crippen LogP contribution in [0.4, 0.5) is 0 Å². The highest BCUT2D eigenvalue weighted by atomic mass is 32.2. The van der Waals surface area contributed by atoms with Gasteiger partial charge in [-0.3, -0.25) is 10.2 Å². The summed E-state index contributed by atoms with van der Waals surface area (Å²) in [4.78, 5) is 16.1. The van der Waals surface area contributed by atoms with Gasteiger partial charge in [0.05, 0.1) is 18.1 Å². The second kappa shape index (κ2) is 8.68. The second-order valence-corrected chi connectivity index (χ2v) is 9.10. The molecule has 3 aromatic rings. The van der Waals surface area contributed by atoms with Gasteiger partial charge in [0.25, 0.3) is 5.91 Å². The molecule has 1 aliphatic heterocycles. The summed E-state index contributed by atoms with van der Waals surface area (Å²) in [5, 5.41) is -1.06. The summed E-state index contributed by atoms with van der Waals surface area (Å²) in [6.07, 6.45) is 2.20. The number of hydrazine groups is 1. The normalized spacial score (nSPS) is 16.4. The highest BCUT2D eigenvalue weighted by molar-refractivity contribution is 7.92. The van der Waals surface area contributed by atoms with Crippen molar-refractivity contribution in [1.82, 2.24) is 15.8 Å². The Morgan fingerprint density at radius 3 is 2.57 bits per heavy atom. The first kappa shape index (κ1) is 20.1. The molecule has 2 aromatic carbocycles. The zero-order chi connectivity index (χ0) is 21.0. The van der Waals surface area contributed by atoms with Gasteiger partial charge in [-0.2, -0.15) is 0 Å². The number of oxazole rings is 1. The van der Waals surface area contributed by atoms with E-state index < -0.39 is 21.0 Å². The molecule has 156 valence electrons. The standard InChI is InChI=1S/C21H21N3O5S/c25-20-19(12-22-24-20)30(26,27)14-15-6-8-18(9-7-15)28-11-10-17-13-29-21(23-17)16-4-2-1-3-5-16/h1-9,13,19,22H,10-12,14H2,(H,24,25). The number of carbonyl (C=O) groups is 1. The van der Waals surface area contributed by atoms with Crippen molar-refractivity contribution < 1.29 is 22.4 Å². The Balaban J connectivity index is 1.29. The molecule has 1 unspecified atom stereocenters. The third kappa shape index (κ3) is 4.69. The number of hydrogen-bond acceptors (Lipinski definition) is 7. The summed E-state index contributed by atoms with van der Waals surface area (Å²) < 4.78 is 36.0. The SMILES string of the molecule is O=C1NNCC1S(=O)(=O)Cc1ccc(OCCc2coc(-c3ccccc3)n2)cc1. The Hall–Kier alpha value is -3.17. The molecule has 1 aromatic heterocycles. The maximum absolute atomic E-state index is 12.4. The van der Waals surface area contributed by atoms with E-state index in [1.165, 1.54) is 0 Å². The molecular weight excluding hydrogens is 406 g/mol. The minimum atomic E-state index is -3.58. The van der Waals surface area contributed by atoms with Crippen LogP contribution in [-0.2, 0) is 26.8 Å². The molecule has 0 aliphatic carbocycles. The van der Waals surface area contributed by atoms with Crippen molar-refractivity contribution in [2.45, 2.75) is 17.4 Å². The molecular formula is C21H21N3O5S. The molecule has 2 N–H and O–H groups in total. The molecule has 0 saturated carbocycles. The van der Waals surface area contributed by atoms with Gasteiger partial charge in [-0.25, -0.2) is 18.8 Å². The smallest absolute Gasteiger partial charge is 0.253 e. The first-order valence-electron chi connectivity index (χ1n) is 9.47. The van der Waals surface area contributed by atoms with Crippen molar-refractivity contribution in [2.24, 2.45) is 0 Å². The average molecular weight is 427 g/mol. The number of nitrogens with one attached hydrogen (secondary N) is 2. The van der Waals surface area contributed by atoms with E-state index in [1.54, 1.807) is 30.5 Å². The van der Waals surface area contributed by atoms with Crippen LogP contribution in [0.25, 0.3) is 11.5 Å². The van der Waals surface area contributed by atoms with Crippen LogP contribution in [0.5, 0.6) is 5.75 Å². The van der Waals surface area contributed by atoms with E-state index >= 15 is 0 Å². The number of amides is 1. The molecule has 0 spiro atoms. The van der Waals surface area contributed by atoms with Crippen LogP contribution in [0.2, 0.25) is 0 Å². The molecule has 8 nitrogen and oxygen atoms in total. The van der Waals surface area contributed by atoms with Crippen LogP contribution in [0, 0.1) is 0 Å². The lowest BCUT2D eigenvalue weighted by Gasteiger charge is -2.09. The Morgan fingerprint density at radius 1 is 1.10 bits per heavy atom. The molecule has 0 radical (unpaired) electrons. The van der Waals surface area contributed by atoms with Crippen molar-refractivity contribution in [3.8, 4) is 17.2 Å². The van der Waals surface area contributed by atoms with Gasteiger partial charge in [0, 0.05) is 18.5 Å². The Morgan fingerprint density at radius 2 is 1.87 bits per heavy atom. The molecule has 1 fully saturated rings. The third-order valence-corrected chi connectivity index (χ3v) is 6.70. The summed E-state index contributed by atoms with van der Waals surface area (Å²) in [7, 11) is -3.58. The Bertz CT molecular complexity index is 1110. The van der Waals surface area contributed by atoms with Crippen LogP contribution < -0.4 is 15.6 Å². The fourth-order valence-electron chi connectivity index (χ4n) is 3.12. The first-order valence-corrected chi connectivity index (χ1v) is 11.2. The summed E-state index contributed by atoms with van der Waals surface area (Å²) in [5.74, 6) is 0.484. The van der Waals surface area contributed by atoms with Gasteiger partial charge in [-0.05, 0) is 29.8 Å². The monoisotopic (exact) mass is 427 g/mol. The quantitative estimate of drug-likeness (QED) is 0.565. The maximum atomic E-state index is 12.4. The topological polar surface area (TPSA) is 111 Å². The van der Waals surface area contributed by atoms with Gasteiger partial charge in [-0.1, -0.05) is 30.3 Å². The van der Waals surface area contributed by atoms with E-state index in [0.717, 1.165) is 11.3 Å². The lowest BCUT2D eigenvalue weighted by molar-refractivity contribution is -0.119. The second-order valence-electron chi connectivity index (χ2n) is 6.92. The number of ether oxygens (including phenoxy) is 1. The van der Waals surface area contributed by atoms with E-state index in [0.29, 0.717) is 30.2 Å². The minimum Gasteiger partial charge on any atom is -0.493 e. The predicted octanol–water partition coefficient (Wildman–Crippen LogP) is 1.88. The molecule has 0 bridgehead atoms. The van der Waals surface area contributed by atoms with E-state index in [-0.39, 0.29) is 12.3 Å². The van der Waals surface area contributed by atoms with E-state index in [1.807, 2.05) is 30.3 Å². The van der Waals surface area contributed by atoms with E-state index in [9.17, 15) is 13.2 Å². The van der Waals surface area contributed by atoms with Gasteiger partial charge in [0.2, 0.25) is 5.89 Å². The van der Waals surface area contributed by atoms with Crippen molar-refractivity contribution in [3.63, 3.8) is 0 Å². The van der Waals surface area contributed by atoms with Gasteiger partial charge < -0.3 is 9.15 Å². The van der Waals surface area contributed by atoms with Crippen molar-refractivity contribution in [2.75, 3.05) is 13.2 Å². The van der Waals surface area contributed by atoms with Crippen LogP contribution in [0.3, 0.4) is 0 Å². The summed E-state index contributed by atoms with van der Waals surface area (Å²) in [6, 6.07) is 16.5. The molecule has 30 heavy (non-hydrogen) atoms. The van der Waals surface area contributed by atoms with Crippen LogP contribution in [0.15, 0.2) is 65.3 Å². The molecule has 9 heteroatoms. The van der Waals surface area contributed by atoms with Gasteiger partial charge in [0.15, 0.2) is 15.1 Å². The van der Waals surface area contributed by atoms with Crippen molar-refractivity contribution in [3.05, 3.63) is 72.1 Å². The zero-order valence-corrected chi connectivity index (χ0v) is 16.9. The van der Waals surface area contributed by atoms with Gasteiger partial charge in [-0.15, -0.1) is 0 Å². The number of nitrogens with zero attached hydrogens (tertiary/aromatic N) is 1. The van der Waals surface area contributed by atoms with Crippen molar-refractivity contribution >= 4 is 15.7 Å². The summed E-state index contributed by atoms with van der Waals surface area (Å²) in [6.45, 7) is 0.489. The third-order valence-electron chi connectivity index (χ3n) is 4.72. The number of carbonyl (C=O) groups excluding carboxylic acids is 1. The number of hydrogen-bond donors (Lipinski definition) is 2. The summed E-state index contributed by atoms with van der Waals surface area (Å²) >= 11 is 0. The average Bonchev–Trinajstić information content (AvgIpc) is 3.39. The zero-order valence-electron chi connectivity index (χ0n) is 16.1. The fraction of sp³-hybridized carbons (Fsp3) is 0.238. The number of benzene rings is 2. The Labute approximate surface area is 174 Å². The predicted molar refractivity (Wildman–Crippen MR) is 110 cm³/mol. The molecule has 2 heterocycles. The number of sulfone groups is 1. The van der Waals surface area contributed by atoms with E-state index in [2.05, 4.69) is 15.8 Å². The fourth-order valence-corrected chi connectivity index (χ4v) is 4.70. The lowest BCUT2D eigenvalue weighted by Crippen LogP contribution is -2.32. The molecule has 1 aliphatic rings. The maximum Gasteiger partial charge on any atom is 0.253 e. The highest BCUT2D eigenvalue weighted by Crippen LogP contribution is 2.19. The molecule has 1 amide bonds. The minimum absolute atomic E-state index is 0.0798. The van der Waals surface area contributed by atoms with Crippen LogP contribution >= 0.6 is 0 Å². The lowest BCUT2D eigenvalue weighted by atomic mass is 10.2. The summed E-state index contributed by atoms with van der Waals surface area (Å²) in [5.41, 5.74) is 7.19. The van der Waals surface area contributed by atoms with Crippen molar-refractivity contribution in [1.29, 1.82) is 0 Å². The van der Waals surface area contributed by atoms with E-state index in [4.69, 9.17) is 9.15 Å². The number of aromatic nitrogens is 1. The molecule has 4 rings (SSSR count). The van der Waals surface area contributed by atoms with Gasteiger partial charge >= 0.3 is 0 Å².